The van der Waals surface area contributed by atoms with Gasteiger partial charge in [0.2, 0.25) is 0 Å². The average Bonchev–Trinajstić information content (AvgIpc) is 2.28. The minimum atomic E-state index is -4.53. The quantitative estimate of drug-likeness (QED) is 0.777. The summed E-state index contributed by atoms with van der Waals surface area (Å²) >= 11 is 5.59. The van der Waals surface area contributed by atoms with E-state index < -0.39 is 11.7 Å². The molecule has 17 heavy (non-hydrogen) atoms. The maximum Gasteiger partial charge on any atom is 0.418 e. The van der Waals surface area contributed by atoms with Crippen LogP contribution in [0.4, 0.5) is 13.2 Å². The maximum absolute atomic E-state index is 12.9. The second-order valence-corrected chi connectivity index (χ2v) is 3.64. The van der Waals surface area contributed by atoms with Gasteiger partial charge in [-0.1, -0.05) is 23.7 Å². The summed E-state index contributed by atoms with van der Waals surface area (Å²) in [7, 11) is 0. The Labute approximate surface area is 100 Å². The fourth-order valence-corrected chi connectivity index (χ4v) is 1.72. The van der Waals surface area contributed by atoms with Crippen molar-refractivity contribution in [3.05, 3.63) is 47.2 Å². The van der Waals surface area contributed by atoms with E-state index in [0.29, 0.717) is 0 Å². The van der Waals surface area contributed by atoms with Gasteiger partial charge in [0.25, 0.3) is 0 Å². The molecule has 0 fully saturated rings. The van der Waals surface area contributed by atoms with Crippen LogP contribution in [0.5, 0.6) is 0 Å². The van der Waals surface area contributed by atoms with Crippen LogP contribution in [0, 0.1) is 0 Å². The van der Waals surface area contributed by atoms with Gasteiger partial charge in [-0.3, -0.25) is 0 Å². The number of halogens is 4. The van der Waals surface area contributed by atoms with E-state index in [9.17, 15) is 13.2 Å². The third kappa shape index (κ3) is 2.39. The summed E-state index contributed by atoms with van der Waals surface area (Å²) in [6.07, 6.45) is -1.78. The molecule has 0 amide bonds. The maximum atomic E-state index is 12.9. The predicted octanol–water partition coefficient (Wildman–Crippen LogP) is 3.82. The van der Waals surface area contributed by atoms with Crippen LogP contribution in [-0.4, -0.2) is 9.97 Å². The Hall–Kier alpha value is -1.62. The molecule has 0 unspecified atom stereocenters. The molecule has 0 radical (unpaired) electrons. The monoisotopic (exact) mass is 258 g/mol. The van der Waals surface area contributed by atoms with Gasteiger partial charge in [-0.05, 0) is 12.1 Å². The lowest BCUT2D eigenvalue weighted by Crippen LogP contribution is -2.09. The summed E-state index contributed by atoms with van der Waals surface area (Å²) in [5.41, 5.74) is -1.03. The highest BCUT2D eigenvalue weighted by Crippen LogP contribution is 2.40. The van der Waals surface area contributed by atoms with E-state index in [1.165, 1.54) is 36.7 Å². The summed E-state index contributed by atoms with van der Waals surface area (Å²) in [6.45, 7) is 0. The van der Waals surface area contributed by atoms with Crippen molar-refractivity contribution in [2.75, 3.05) is 0 Å². The van der Waals surface area contributed by atoms with Gasteiger partial charge in [-0.2, -0.15) is 13.2 Å². The Morgan fingerprint density at radius 1 is 1.00 bits per heavy atom. The summed E-state index contributed by atoms with van der Waals surface area (Å²) in [5.74, 6) is 0.00215. The molecule has 2 aromatic rings. The second-order valence-electron chi connectivity index (χ2n) is 3.23. The lowest BCUT2D eigenvalue weighted by Gasteiger charge is -2.13. The molecule has 0 saturated carbocycles. The van der Waals surface area contributed by atoms with Crippen LogP contribution in [0.1, 0.15) is 5.56 Å². The van der Waals surface area contributed by atoms with E-state index in [2.05, 4.69) is 9.97 Å². The Morgan fingerprint density at radius 2 is 1.65 bits per heavy atom. The molecule has 1 heterocycles. The van der Waals surface area contributed by atoms with E-state index in [-0.39, 0.29) is 16.4 Å². The van der Waals surface area contributed by atoms with Crippen molar-refractivity contribution in [2.45, 2.75) is 6.18 Å². The molecule has 6 heteroatoms. The average molecular weight is 259 g/mol. The molecule has 2 rings (SSSR count). The number of aromatic nitrogens is 2. The van der Waals surface area contributed by atoms with Crippen molar-refractivity contribution >= 4 is 11.6 Å². The third-order valence-corrected chi connectivity index (χ3v) is 2.42. The zero-order chi connectivity index (χ0) is 12.5. The van der Waals surface area contributed by atoms with E-state index in [1.807, 2.05) is 0 Å². The topological polar surface area (TPSA) is 25.8 Å². The normalized spacial score (nSPS) is 11.5. The lowest BCUT2D eigenvalue weighted by atomic mass is 10.1. The van der Waals surface area contributed by atoms with Crippen LogP contribution in [0.3, 0.4) is 0 Å². The van der Waals surface area contributed by atoms with Crippen LogP contribution in [0.2, 0.25) is 5.02 Å². The predicted molar refractivity (Wildman–Crippen MR) is 57.5 cm³/mol. The molecule has 0 bridgehead atoms. The molecule has 0 aliphatic heterocycles. The molecule has 1 aromatic heterocycles. The molecule has 0 aliphatic rings. The van der Waals surface area contributed by atoms with Crippen LogP contribution in [-0.2, 0) is 6.18 Å². The Bertz CT molecular complexity index is 526. The van der Waals surface area contributed by atoms with E-state index >= 15 is 0 Å². The van der Waals surface area contributed by atoms with Crippen LogP contribution >= 0.6 is 11.6 Å². The minimum Gasteiger partial charge on any atom is -0.237 e. The van der Waals surface area contributed by atoms with Crippen molar-refractivity contribution in [1.82, 2.24) is 9.97 Å². The number of rotatable bonds is 1. The Kier molecular flexibility index (Phi) is 3.02. The summed E-state index contributed by atoms with van der Waals surface area (Å²) in [5, 5.41) is -0.359. The smallest absolute Gasteiger partial charge is 0.237 e. The molecule has 1 aromatic carbocycles. The van der Waals surface area contributed by atoms with Crippen LogP contribution in [0.15, 0.2) is 36.7 Å². The Balaban J connectivity index is 2.67. The first-order valence-electron chi connectivity index (χ1n) is 4.63. The molecule has 2 nitrogen and oxygen atoms in total. The van der Waals surface area contributed by atoms with Gasteiger partial charge in [0.1, 0.15) is 0 Å². The zero-order valence-electron chi connectivity index (χ0n) is 8.37. The van der Waals surface area contributed by atoms with Gasteiger partial charge < -0.3 is 0 Å². The van der Waals surface area contributed by atoms with E-state index in [1.54, 1.807) is 0 Å². The summed E-state index contributed by atoms with van der Waals surface area (Å²) < 4.78 is 38.6. The van der Waals surface area contributed by atoms with Crippen molar-refractivity contribution in [1.29, 1.82) is 0 Å². The largest absolute Gasteiger partial charge is 0.418 e. The van der Waals surface area contributed by atoms with Crippen LogP contribution in [0.25, 0.3) is 11.4 Å². The SMILES string of the molecule is FC(F)(F)c1c(Cl)cccc1-c1ncccn1. The highest BCUT2D eigenvalue weighted by Gasteiger charge is 2.36. The van der Waals surface area contributed by atoms with Gasteiger partial charge in [0.05, 0.1) is 10.6 Å². The van der Waals surface area contributed by atoms with Gasteiger partial charge in [0, 0.05) is 18.0 Å². The number of alkyl halides is 3. The molecule has 0 atom stereocenters. The third-order valence-electron chi connectivity index (χ3n) is 2.10. The van der Waals surface area contributed by atoms with Crippen molar-refractivity contribution in [2.24, 2.45) is 0 Å². The van der Waals surface area contributed by atoms with Gasteiger partial charge in [0.15, 0.2) is 5.82 Å². The van der Waals surface area contributed by atoms with Gasteiger partial charge in [-0.25, -0.2) is 9.97 Å². The standard InChI is InChI=1S/C11H6ClF3N2/c12-8-4-1-3-7(9(8)11(13,14)15)10-16-5-2-6-17-10/h1-6H. The van der Waals surface area contributed by atoms with Crippen molar-refractivity contribution in [3.63, 3.8) is 0 Å². The zero-order valence-corrected chi connectivity index (χ0v) is 9.13. The summed E-state index contributed by atoms with van der Waals surface area (Å²) in [4.78, 5) is 7.59. The van der Waals surface area contributed by atoms with Crippen LogP contribution < -0.4 is 0 Å². The number of benzene rings is 1. The lowest BCUT2D eigenvalue weighted by molar-refractivity contribution is -0.137. The molecular formula is C11H6ClF3N2. The Morgan fingerprint density at radius 3 is 2.24 bits per heavy atom. The van der Waals surface area contributed by atoms with E-state index in [0.717, 1.165) is 0 Å². The highest BCUT2D eigenvalue weighted by atomic mass is 35.5. The number of hydrogen-bond donors (Lipinski definition) is 0. The van der Waals surface area contributed by atoms with E-state index in [4.69, 9.17) is 11.6 Å². The molecule has 0 aliphatic carbocycles. The first-order valence-corrected chi connectivity index (χ1v) is 5.01. The minimum absolute atomic E-state index is 0.00215. The molecule has 0 N–H and O–H groups in total. The highest BCUT2D eigenvalue weighted by molar-refractivity contribution is 6.31. The summed E-state index contributed by atoms with van der Waals surface area (Å²) in [6, 6.07) is 5.45. The first kappa shape index (κ1) is 11.9. The fraction of sp³-hybridized carbons (Fsp3) is 0.0909. The number of nitrogens with zero attached hydrogens (tertiary/aromatic N) is 2. The molecule has 88 valence electrons. The molecule has 0 spiro atoms. The second kappa shape index (κ2) is 4.33. The van der Waals surface area contributed by atoms with Crippen molar-refractivity contribution in [3.8, 4) is 11.4 Å². The number of hydrogen-bond acceptors (Lipinski definition) is 2. The van der Waals surface area contributed by atoms with Gasteiger partial charge in [-0.15, -0.1) is 0 Å². The molecular weight excluding hydrogens is 253 g/mol. The van der Waals surface area contributed by atoms with Crippen molar-refractivity contribution < 1.29 is 13.2 Å². The first-order chi connectivity index (χ1) is 8.00. The molecule has 0 saturated heterocycles. The van der Waals surface area contributed by atoms with Gasteiger partial charge >= 0.3 is 6.18 Å². The fourth-order valence-electron chi connectivity index (χ4n) is 1.44.